The minimum atomic E-state index is 0.199. The van der Waals surface area contributed by atoms with E-state index in [1.54, 1.807) is 167 Å². The van der Waals surface area contributed by atoms with Crippen LogP contribution in [0.4, 0.5) is 0 Å². The Bertz CT molecular complexity index is 996. The third kappa shape index (κ3) is 4.39. The first-order chi connectivity index (χ1) is 23.4. The van der Waals surface area contributed by atoms with Crippen molar-refractivity contribution in [1.82, 2.24) is 0 Å². The quantitative estimate of drug-likeness (QED) is 0.223. The fourth-order valence-corrected chi connectivity index (χ4v) is 32.2. The molecule has 17 aliphatic rings. The van der Waals surface area contributed by atoms with Gasteiger partial charge in [-0.15, -0.1) is 0 Å². The Morgan fingerprint density at radius 3 is 0.583 bits per heavy atom. The predicted molar refractivity (Wildman–Crippen MR) is 203 cm³/mol. The summed E-state index contributed by atoms with van der Waals surface area (Å²) in [5.41, 5.74) is 0. The molecule has 0 saturated heterocycles. The average molecular weight is 685 g/mol. The van der Waals surface area contributed by atoms with Crippen LogP contribution >= 0.6 is 15.8 Å². The molecule has 0 spiro atoms. The second-order valence-electron chi connectivity index (χ2n) is 23.9. The molecule has 0 aromatic carbocycles. The Morgan fingerprint density at radius 1 is 0.271 bits per heavy atom. The molecule has 48 heavy (non-hydrogen) atoms. The molecular weight excluding hydrogens is 614 g/mol. The first kappa shape index (κ1) is 30.2. The normalized spacial score (nSPS) is 63.2. The second kappa shape index (κ2) is 10.3. The molecule has 2 heteroatoms. The van der Waals surface area contributed by atoms with Crippen molar-refractivity contribution in [2.75, 3.05) is 12.3 Å². The van der Waals surface area contributed by atoms with E-state index in [4.69, 9.17) is 0 Å². The van der Waals surface area contributed by atoms with Crippen molar-refractivity contribution >= 4 is 15.8 Å². The first-order valence-corrected chi connectivity index (χ1v) is 26.0. The van der Waals surface area contributed by atoms with Gasteiger partial charge in [-0.3, -0.25) is 0 Å². The molecule has 17 rings (SSSR count). The van der Waals surface area contributed by atoms with Crippen LogP contribution in [0.15, 0.2) is 0 Å². The van der Waals surface area contributed by atoms with Gasteiger partial charge < -0.3 is 0 Å². The molecule has 0 heterocycles. The summed E-state index contributed by atoms with van der Waals surface area (Å²) in [6, 6.07) is 0. The maximum atomic E-state index is 1.81. The lowest BCUT2D eigenvalue weighted by molar-refractivity contribution is 0.0166. The molecule has 0 aromatic heterocycles. The molecule has 264 valence electrons. The first-order valence-electron chi connectivity index (χ1n) is 22.9. The molecule has 16 bridgehead atoms. The van der Waals surface area contributed by atoms with Crippen LogP contribution in [0.3, 0.4) is 0 Å². The van der Waals surface area contributed by atoms with Gasteiger partial charge >= 0.3 is 0 Å². The highest BCUT2D eigenvalue weighted by molar-refractivity contribution is 7.61. The smallest absolute Gasteiger partial charge is 0.00814 e. The lowest BCUT2D eigenvalue weighted by Crippen LogP contribution is -2.58. The summed E-state index contributed by atoms with van der Waals surface area (Å²) in [6.07, 6.45) is 47.7. The van der Waals surface area contributed by atoms with Gasteiger partial charge in [0.25, 0.3) is 0 Å². The number of hydrogen-bond donors (Lipinski definition) is 0. The van der Waals surface area contributed by atoms with Crippen molar-refractivity contribution < 1.29 is 0 Å². The van der Waals surface area contributed by atoms with E-state index in [0.29, 0.717) is 0 Å². The summed E-state index contributed by atoms with van der Waals surface area (Å²) < 4.78 is 0. The fourth-order valence-electron chi connectivity index (χ4n) is 21.0. The summed E-state index contributed by atoms with van der Waals surface area (Å²) >= 11 is 0. The van der Waals surface area contributed by atoms with E-state index in [1.807, 2.05) is 12.3 Å². The highest BCUT2D eigenvalue weighted by Crippen LogP contribution is 2.82. The largest absolute Gasteiger partial charge is 0.0936 e. The Labute approximate surface area is 297 Å². The van der Waals surface area contributed by atoms with Crippen molar-refractivity contribution in [3.63, 3.8) is 0 Å². The van der Waals surface area contributed by atoms with Crippen LogP contribution in [-0.4, -0.2) is 32.9 Å². The SMILES string of the molecule is C1C2CC3CC1CC(P(CC1CCC1CP(C14CC5CC(CC(C5)C1)C4)C14CC5CC(CC(C5)C1)C4)C14CC5CC(CC(C5)C1)C4)(C2)C3. The highest BCUT2D eigenvalue weighted by Gasteiger charge is 2.65. The van der Waals surface area contributed by atoms with Crippen molar-refractivity contribution in [3.05, 3.63) is 0 Å². The predicted octanol–water partition coefficient (Wildman–Crippen LogP) is 12.9. The van der Waals surface area contributed by atoms with Crippen LogP contribution < -0.4 is 0 Å². The minimum Gasteiger partial charge on any atom is -0.0936 e. The topological polar surface area (TPSA) is 0 Å². The van der Waals surface area contributed by atoms with Crippen LogP contribution in [0.5, 0.6) is 0 Å². The summed E-state index contributed by atoms with van der Waals surface area (Å²) in [5, 5.41) is 3.45. The van der Waals surface area contributed by atoms with Gasteiger partial charge in [0.2, 0.25) is 0 Å². The van der Waals surface area contributed by atoms with Gasteiger partial charge in [0.15, 0.2) is 0 Å². The lowest BCUT2D eigenvalue weighted by Gasteiger charge is -2.69. The van der Waals surface area contributed by atoms with Gasteiger partial charge in [0.05, 0.1) is 0 Å². The Kier molecular flexibility index (Phi) is 6.50. The van der Waals surface area contributed by atoms with Crippen molar-refractivity contribution in [1.29, 1.82) is 0 Å². The summed E-state index contributed by atoms with van der Waals surface area (Å²) in [6.45, 7) is 0. The molecule has 2 atom stereocenters. The maximum Gasteiger partial charge on any atom is -0.00814 e. The van der Waals surface area contributed by atoms with Gasteiger partial charge in [-0.1, -0.05) is 15.8 Å². The van der Waals surface area contributed by atoms with E-state index in [9.17, 15) is 0 Å². The van der Waals surface area contributed by atoms with Crippen LogP contribution in [-0.2, 0) is 0 Å². The molecule has 17 fully saturated rings. The highest BCUT2D eigenvalue weighted by atomic mass is 31.1. The van der Waals surface area contributed by atoms with E-state index in [1.165, 1.54) is 11.8 Å². The van der Waals surface area contributed by atoms with Gasteiger partial charge in [0, 0.05) is 0 Å². The molecule has 2 unspecified atom stereocenters. The summed E-state index contributed by atoms with van der Waals surface area (Å²) in [5.74, 6) is 16.3. The molecule has 0 radical (unpaired) electrons. The standard InChI is InChI=1S/C46H70P2/c1-2-42(28-48(45-21-35-9-36(22-45)11-37(10-35)23-45)46-24-38-12-39(25-46)14-40(13-38)26-46)41(1)27-47(43-15-29-3-30(16-43)5-31(4-29)17-43)44-18-32-6-33(19-44)8-34(7-32)20-44/h29-42H,1-28H2. The van der Waals surface area contributed by atoms with Crippen LogP contribution in [0.2, 0.25) is 0 Å². The maximum absolute atomic E-state index is 1.81. The van der Waals surface area contributed by atoms with Crippen LogP contribution in [0, 0.1) is 82.9 Å². The Balaban J connectivity index is 0.846. The third-order valence-electron chi connectivity index (χ3n) is 20.7. The van der Waals surface area contributed by atoms with Crippen molar-refractivity contribution in [2.24, 2.45) is 82.9 Å². The van der Waals surface area contributed by atoms with Gasteiger partial charge in [-0.05, 0) is 283 Å². The number of rotatable bonds is 8. The average Bonchev–Trinajstić information content (AvgIpc) is 2.98. The Morgan fingerprint density at radius 2 is 0.438 bits per heavy atom. The van der Waals surface area contributed by atoms with Crippen LogP contribution in [0.1, 0.15) is 167 Å². The van der Waals surface area contributed by atoms with Crippen LogP contribution in [0.25, 0.3) is 0 Å². The van der Waals surface area contributed by atoms with Crippen molar-refractivity contribution in [3.8, 4) is 0 Å². The molecule has 17 saturated carbocycles. The fraction of sp³-hybridized carbons (Fsp3) is 1.00. The third-order valence-corrected chi connectivity index (χ3v) is 29.2. The molecule has 0 aromatic rings. The van der Waals surface area contributed by atoms with Gasteiger partial charge in [-0.2, -0.15) is 0 Å². The molecule has 0 N–H and O–H groups in total. The van der Waals surface area contributed by atoms with E-state index >= 15 is 0 Å². The molecule has 17 aliphatic carbocycles. The summed E-state index contributed by atoms with van der Waals surface area (Å²) in [4.78, 5) is 0. The van der Waals surface area contributed by atoms with Crippen molar-refractivity contribution in [2.45, 2.75) is 188 Å². The monoisotopic (exact) mass is 684 g/mol. The second-order valence-corrected chi connectivity index (χ2v) is 30.1. The van der Waals surface area contributed by atoms with Gasteiger partial charge in [-0.25, -0.2) is 0 Å². The minimum absolute atomic E-state index is 0.199. The van der Waals surface area contributed by atoms with E-state index in [-0.39, 0.29) is 15.8 Å². The molecule has 0 amide bonds. The molecular formula is C46H70P2. The zero-order chi connectivity index (χ0) is 31.0. The lowest BCUT2D eigenvalue weighted by atomic mass is 9.55. The number of hydrogen-bond acceptors (Lipinski definition) is 0. The zero-order valence-electron chi connectivity index (χ0n) is 30.8. The molecule has 0 nitrogen and oxygen atoms in total. The summed E-state index contributed by atoms with van der Waals surface area (Å²) in [7, 11) is 0.397. The van der Waals surface area contributed by atoms with E-state index in [2.05, 4.69) is 0 Å². The Hall–Kier alpha value is 0.860. The van der Waals surface area contributed by atoms with Gasteiger partial charge in [0.1, 0.15) is 0 Å². The van der Waals surface area contributed by atoms with E-state index < -0.39 is 0 Å². The molecule has 0 aliphatic heterocycles. The zero-order valence-corrected chi connectivity index (χ0v) is 32.6. The van der Waals surface area contributed by atoms with E-state index in [0.717, 1.165) is 91.6 Å².